The second-order valence-electron chi connectivity index (χ2n) is 4.20. The Labute approximate surface area is 127 Å². The number of hydrogen-bond acceptors (Lipinski definition) is 5. The van der Waals surface area contributed by atoms with E-state index in [2.05, 4.69) is 15.4 Å². The van der Waals surface area contributed by atoms with Crippen molar-refractivity contribution >= 4 is 5.91 Å². The van der Waals surface area contributed by atoms with Crippen LogP contribution < -0.4 is 24.8 Å². The van der Waals surface area contributed by atoms with Crippen LogP contribution in [0, 0.1) is 0 Å². The third kappa shape index (κ3) is 5.03. The molecule has 1 rings (SSSR count). The molecule has 22 heavy (non-hydrogen) atoms. The Morgan fingerprint density at radius 1 is 1.18 bits per heavy atom. The van der Waals surface area contributed by atoms with Crippen LogP contribution in [-0.4, -0.2) is 46.4 Å². The number of carbonyl (C=O) groups is 1. The Balaban J connectivity index is 2.94. The SMILES string of the molecule is CCNCCNC(=O)c1cc(OC)c(OC(F)F)c(OC)c1. The fourth-order valence-electron chi connectivity index (χ4n) is 1.76. The Morgan fingerprint density at radius 3 is 2.23 bits per heavy atom. The van der Waals surface area contributed by atoms with E-state index in [1.165, 1.54) is 26.4 Å². The number of rotatable bonds is 9. The van der Waals surface area contributed by atoms with E-state index in [0.29, 0.717) is 13.1 Å². The zero-order valence-electron chi connectivity index (χ0n) is 12.7. The lowest BCUT2D eigenvalue weighted by atomic mass is 10.1. The van der Waals surface area contributed by atoms with Gasteiger partial charge >= 0.3 is 6.61 Å². The van der Waals surface area contributed by atoms with Crippen LogP contribution in [0.4, 0.5) is 8.78 Å². The van der Waals surface area contributed by atoms with Gasteiger partial charge in [0.1, 0.15) is 0 Å². The molecule has 6 nitrogen and oxygen atoms in total. The van der Waals surface area contributed by atoms with Crippen molar-refractivity contribution in [3.8, 4) is 17.2 Å². The first-order valence-electron chi connectivity index (χ1n) is 6.73. The molecule has 2 N–H and O–H groups in total. The number of ether oxygens (including phenoxy) is 3. The van der Waals surface area contributed by atoms with Crippen LogP contribution in [0.5, 0.6) is 17.2 Å². The Morgan fingerprint density at radius 2 is 1.77 bits per heavy atom. The number of nitrogens with one attached hydrogen (secondary N) is 2. The topological polar surface area (TPSA) is 68.8 Å². The van der Waals surface area contributed by atoms with E-state index in [0.717, 1.165) is 6.54 Å². The highest BCUT2D eigenvalue weighted by atomic mass is 19.3. The Bertz CT molecular complexity index is 473. The molecule has 1 amide bonds. The molecule has 0 saturated carbocycles. The molecule has 8 heteroatoms. The van der Waals surface area contributed by atoms with Crippen LogP contribution in [0.3, 0.4) is 0 Å². The van der Waals surface area contributed by atoms with Crippen LogP contribution in [0.2, 0.25) is 0 Å². The third-order valence-corrected chi connectivity index (χ3v) is 2.77. The zero-order chi connectivity index (χ0) is 16.5. The lowest BCUT2D eigenvalue weighted by Crippen LogP contribution is -2.31. The summed E-state index contributed by atoms with van der Waals surface area (Å²) >= 11 is 0. The van der Waals surface area contributed by atoms with Crippen molar-refractivity contribution < 1.29 is 27.8 Å². The maximum atomic E-state index is 12.4. The molecular formula is C14H20F2N2O4. The summed E-state index contributed by atoms with van der Waals surface area (Å²) in [5.41, 5.74) is 0.229. The van der Waals surface area contributed by atoms with Gasteiger partial charge in [-0.15, -0.1) is 0 Å². The third-order valence-electron chi connectivity index (χ3n) is 2.77. The van der Waals surface area contributed by atoms with Crippen molar-refractivity contribution in [3.05, 3.63) is 17.7 Å². The van der Waals surface area contributed by atoms with Gasteiger partial charge in [-0.1, -0.05) is 6.92 Å². The minimum Gasteiger partial charge on any atom is -0.493 e. The van der Waals surface area contributed by atoms with Crippen molar-refractivity contribution in [1.29, 1.82) is 0 Å². The minimum atomic E-state index is -3.03. The summed E-state index contributed by atoms with van der Waals surface area (Å²) in [5, 5.41) is 5.76. The first-order chi connectivity index (χ1) is 10.5. The van der Waals surface area contributed by atoms with Gasteiger partial charge in [0.25, 0.3) is 5.91 Å². The Kier molecular flexibility index (Phi) is 7.38. The van der Waals surface area contributed by atoms with Gasteiger partial charge in [0.2, 0.25) is 5.75 Å². The highest BCUT2D eigenvalue weighted by Crippen LogP contribution is 2.39. The molecule has 0 spiro atoms. The molecule has 0 bridgehead atoms. The summed E-state index contributed by atoms with van der Waals surface area (Å²) < 4.78 is 39.2. The monoisotopic (exact) mass is 318 g/mol. The maximum absolute atomic E-state index is 12.4. The summed E-state index contributed by atoms with van der Waals surface area (Å²) in [4.78, 5) is 12.0. The maximum Gasteiger partial charge on any atom is 0.387 e. The van der Waals surface area contributed by atoms with E-state index in [1.807, 2.05) is 6.92 Å². The fraction of sp³-hybridized carbons (Fsp3) is 0.500. The predicted molar refractivity (Wildman–Crippen MR) is 77.1 cm³/mol. The van der Waals surface area contributed by atoms with E-state index >= 15 is 0 Å². The van der Waals surface area contributed by atoms with Gasteiger partial charge in [-0.05, 0) is 18.7 Å². The number of methoxy groups -OCH3 is 2. The standard InChI is InChI=1S/C14H20F2N2O4/c1-4-17-5-6-18-13(19)9-7-10(20-2)12(22-14(15)16)11(8-9)21-3/h7-8,14,17H,4-6H2,1-3H3,(H,18,19). The van der Waals surface area contributed by atoms with Gasteiger partial charge in [0.05, 0.1) is 14.2 Å². The Hall–Kier alpha value is -2.09. The van der Waals surface area contributed by atoms with Crippen LogP contribution in [0.1, 0.15) is 17.3 Å². The molecule has 0 fully saturated rings. The molecule has 0 unspecified atom stereocenters. The van der Waals surface area contributed by atoms with Crippen LogP contribution in [0.25, 0.3) is 0 Å². The van der Waals surface area contributed by atoms with E-state index < -0.39 is 6.61 Å². The predicted octanol–water partition coefficient (Wildman–Crippen LogP) is 1.64. The molecule has 1 aromatic carbocycles. The van der Waals surface area contributed by atoms with Crippen LogP contribution in [-0.2, 0) is 0 Å². The number of hydrogen-bond donors (Lipinski definition) is 2. The summed E-state index contributed by atoms with van der Waals surface area (Å²) in [5.74, 6) is -0.615. The first kappa shape index (κ1) is 18.0. The van der Waals surface area contributed by atoms with E-state index in [4.69, 9.17) is 9.47 Å². The van der Waals surface area contributed by atoms with E-state index in [-0.39, 0.29) is 28.7 Å². The molecular weight excluding hydrogens is 298 g/mol. The molecule has 1 aromatic rings. The number of likely N-dealkylation sites (N-methyl/N-ethyl adjacent to an activating group) is 1. The minimum absolute atomic E-state index is 0.00326. The highest BCUT2D eigenvalue weighted by molar-refractivity contribution is 5.95. The van der Waals surface area contributed by atoms with Crippen molar-refractivity contribution in [1.82, 2.24) is 10.6 Å². The molecule has 0 aliphatic rings. The number of benzene rings is 1. The van der Waals surface area contributed by atoms with Gasteiger partial charge in [0, 0.05) is 18.7 Å². The van der Waals surface area contributed by atoms with Gasteiger partial charge in [-0.2, -0.15) is 8.78 Å². The number of carbonyl (C=O) groups excluding carboxylic acids is 1. The second kappa shape index (κ2) is 9.04. The van der Waals surface area contributed by atoms with Crippen LogP contribution >= 0.6 is 0 Å². The number of amides is 1. The lowest BCUT2D eigenvalue weighted by Gasteiger charge is -2.15. The van der Waals surface area contributed by atoms with E-state index in [9.17, 15) is 13.6 Å². The summed E-state index contributed by atoms with van der Waals surface area (Å²) in [6.07, 6.45) is 0. The number of halogens is 2. The van der Waals surface area contributed by atoms with Crippen molar-refractivity contribution in [2.24, 2.45) is 0 Å². The average molecular weight is 318 g/mol. The molecule has 0 heterocycles. The normalized spacial score (nSPS) is 10.5. The van der Waals surface area contributed by atoms with E-state index in [1.54, 1.807) is 0 Å². The lowest BCUT2D eigenvalue weighted by molar-refractivity contribution is -0.0526. The molecule has 0 saturated heterocycles. The molecule has 0 aliphatic carbocycles. The molecule has 0 radical (unpaired) electrons. The quantitative estimate of drug-likeness (QED) is 0.678. The summed E-state index contributed by atoms with van der Waals surface area (Å²) in [6, 6.07) is 2.64. The average Bonchev–Trinajstić information content (AvgIpc) is 2.50. The largest absolute Gasteiger partial charge is 0.493 e. The smallest absolute Gasteiger partial charge is 0.387 e. The van der Waals surface area contributed by atoms with Crippen molar-refractivity contribution in [2.45, 2.75) is 13.5 Å². The zero-order valence-corrected chi connectivity index (χ0v) is 12.7. The fourth-order valence-corrected chi connectivity index (χ4v) is 1.76. The van der Waals surface area contributed by atoms with Gasteiger partial charge in [-0.3, -0.25) is 4.79 Å². The molecule has 0 aliphatic heterocycles. The van der Waals surface area contributed by atoms with Gasteiger partial charge < -0.3 is 24.8 Å². The molecule has 0 atom stereocenters. The number of alkyl halides is 2. The molecule has 0 aromatic heterocycles. The second-order valence-corrected chi connectivity index (χ2v) is 4.20. The summed E-state index contributed by atoms with van der Waals surface area (Å²) in [6.45, 7) is 0.800. The van der Waals surface area contributed by atoms with Gasteiger partial charge in [0.15, 0.2) is 11.5 Å². The van der Waals surface area contributed by atoms with Crippen molar-refractivity contribution in [2.75, 3.05) is 33.9 Å². The molecule has 124 valence electrons. The van der Waals surface area contributed by atoms with Gasteiger partial charge in [-0.25, -0.2) is 0 Å². The first-order valence-corrected chi connectivity index (χ1v) is 6.73. The van der Waals surface area contributed by atoms with Crippen molar-refractivity contribution in [3.63, 3.8) is 0 Å². The summed E-state index contributed by atoms with van der Waals surface area (Å²) in [7, 11) is 2.58. The highest BCUT2D eigenvalue weighted by Gasteiger charge is 2.20. The van der Waals surface area contributed by atoms with Crippen LogP contribution in [0.15, 0.2) is 12.1 Å².